The van der Waals surface area contributed by atoms with Gasteiger partial charge in [-0.15, -0.1) is 0 Å². The van der Waals surface area contributed by atoms with E-state index in [9.17, 15) is 4.79 Å². The Morgan fingerprint density at radius 1 is 1.43 bits per heavy atom. The number of benzene rings is 1. The summed E-state index contributed by atoms with van der Waals surface area (Å²) < 4.78 is 10.5. The third-order valence-electron chi connectivity index (χ3n) is 4.53. The summed E-state index contributed by atoms with van der Waals surface area (Å²) in [5.41, 5.74) is 2.78. The maximum Gasteiger partial charge on any atom is 0.337 e. The molecule has 4 nitrogen and oxygen atoms in total. The molecule has 0 aromatic heterocycles. The van der Waals surface area contributed by atoms with Crippen molar-refractivity contribution in [2.45, 2.75) is 46.3 Å². The average Bonchev–Trinajstić information content (AvgIpc) is 2.47. The highest BCUT2D eigenvalue weighted by Crippen LogP contribution is 2.44. The fourth-order valence-electron chi connectivity index (χ4n) is 2.82. The average molecular weight is 291 g/mol. The van der Waals surface area contributed by atoms with Crippen LogP contribution in [0.5, 0.6) is 0 Å². The molecular formula is C17H25NO3. The van der Waals surface area contributed by atoms with Crippen LogP contribution in [0.3, 0.4) is 0 Å². The first-order chi connectivity index (χ1) is 9.90. The summed E-state index contributed by atoms with van der Waals surface area (Å²) in [7, 11) is 1.40. The molecule has 21 heavy (non-hydrogen) atoms. The molecule has 0 heterocycles. The van der Waals surface area contributed by atoms with Crippen LogP contribution < -0.4 is 5.32 Å². The minimum atomic E-state index is -0.307. The SMILES string of the molecule is CCOC1CC(Nc2cc(C(=O)OC)ccc2C)C1(C)C. The molecule has 0 bridgehead atoms. The van der Waals surface area contributed by atoms with Gasteiger partial charge in [0.25, 0.3) is 0 Å². The number of anilines is 1. The second-order valence-electron chi connectivity index (χ2n) is 6.22. The van der Waals surface area contributed by atoms with Gasteiger partial charge >= 0.3 is 5.97 Å². The minimum absolute atomic E-state index is 0.0870. The number of methoxy groups -OCH3 is 1. The number of hydrogen-bond donors (Lipinski definition) is 1. The van der Waals surface area contributed by atoms with E-state index < -0.39 is 0 Å². The molecule has 1 aromatic rings. The predicted octanol–water partition coefficient (Wildman–Crippen LogP) is 3.40. The lowest BCUT2D eigenvalue weighted by molar-refractivity contribution is -0.0976. The van der Waals surface area contributed by atoms with E-state index in [1.165, 1.54) is 7.11 Å². The van der Waals surface area contributed by atoms with Gasteiger partial charge < -0.3 is 14.8 Å². The Morgan fingerprint density at radius 2 is 2.14 bits per heavy atom. The van der Waals surface area contributed by atoms with Crippen molar-refractivity contribution in [3.8, 4) is 0 Å². The van der Waals surface area contributed by atoms with Crippen LogP contribution in [0.4, 0.5) is 5.69 Å². The lowest BCUT2D eigenvalue weighted by Gasteiger charge is -2.52. The Balaban J connectivity index is 2.12. The molecule has 2 atom stereocenters. The number of esters is 1. The minimum Gasteiger partial charge on any atom is -0.465 e. The Labute approximate surface area is 126 Å². The fourth-order valence-corrected chi connectivity index (χ4v) is 2.82. The number of carbonyl (C=O) groups is 1. The van der Waals surface area contributed by atoms with Crippen molar-refractivity contribution < 1.29 is 14.3 Å². The van der Waals surface area contributed by atoms with E-state index in [0.717, 1.165) is 24.3 Å². The molecule has 1 fully saturated rings. The van der Waals surface area contributed by atoms with E-state index in [1.54, 1.807) is 6.07 Å². The van der Waals surface area contributed by atoms with Gasteiger partial charge in [0.2, 0.25) is 0 Å². The van der Waals surface area contributed by atoms with E-state index in [-0.39, 0.29) is 11.4 Å². The largest absolute Gasteiger partial charge is 0.465 e. The molecule has 1 aliphatic rings. The standard InChI is InChI=1S/C17H25NO3/c1-6-21-15-10-14(17(15,3)4)18-13-9-12(16(19)20-5)8-7-11(13)2/h7-9,14-15,18H,6,10H2,1-5H3. The maximum atomic E-state index is 11.6. The Kier molecular flexibility index (Phi) is 4.57. The van der Waals surface area contributed by atoms with E-state index in [0.29, 0.717) is 17.7 Å². The summed E-state index contributed by atoms with van der Waals surface area (Å²) >= 11 is 0. The third-order valence-corrected chi connectivity index (χ3v) is 4.53. The first-order valence-electron chi connectivity index (χ1n) is 7.47. The Morgan fingerprint density at radius 3 is 2.71 bits per heavy atom. The molecule has 116 valence electrons. The summed E-state index contributed by atoms with van der Waals surface area (Å²) in [5.74, 6) is -0.307. The highest BCUT2D eigenvalue weighted by Gasteiger charge is 2.48. The van der Waals surface area contributed by atoms with Crippen molar-refractivity contribution in [3.63, 3.8) is 0 Å². The second kappa shape index (κ2) is 6.06. The number of nitrogens with one attached hydrogen (secondary N) is 1. The predicted molar refractivity (Wildman–Crippen MR) is 83.7 cm³/mol. The topological polar surface area (TPSA) is 47.6 Å². The molecule has 0 spiro atoms. The van der Waals surface area contributed by atoms with E-state index in [1.807, 2.05) is 26.0 Å². The molecule has 1 aromatic carbocycles. The second-order valence-corrected chi connectivity index (χ2v) is 6.22. The molecule has 0 radical (unpaired) electrons. The van der Waals surface area contributed by atoms with Gasteiger partial charge in [0.1, 0.15) is 0 Å². The highest BCUT2D eigenvalue weighted by molar-refractivity contribution is 5.90. The van der Waals surface area contributed by atoms with Crippen LogP contribution in [0.25, 0.3) is 0 Å². The normalized spacial score (nSPS) is 23.3. The van der Waals surface area contributed by atoms with E-state index in [4.69, 9.17) is 9.47 Å². The summed E-state index contributed by atoms with van der Waals surface area (Å²) in [6, 6.07) is 5.95. The van der Waals surface area contributed by atoms with Crippen LogP contribution >= 0.6 is 0 Å². The van der Waals surface area contributed by atoms with Gasteiger partial charge in [-0.1, -0.05) is 19.9 Å². The molecule has 4 heteroatoms. The van der Waals surface area contributed by atoms with Crippen molar-refractivity contribution in [1.82, 2.24) is 0 Å². The van der Waals surface area contributed by atoms with Crippen molar-refractivity contribution in [2.75, 3.05) is 19.0 Å². The van der Waals surface area contributed by atoms with Crippen molar-refractivity contribution in [1.29, 1.82) is 0 Å². The van der Waals surface area contributed by atoms with Gasteiger partial charge in [-0.2, -0.15) is 0 Å². The number of ether oxygens (including phenoxy) is 2. The monoisotopic (exact) mass is 291 g/mol. The Bertz CT molecular complexity index is 525. The van der Waals surface area contributed by atoms with Crippen molar-refractivity contribution in [2.24, 2.45) is 5.41 Å². The molecular weight excluding hydrogens is 266 g/mol. The molecule has 1 N–H and O–H groups in total. The molecule has 0 saturated heterocycles. The zero-order valence-electron chi connectivity index (χ0n) is 13.5. The molecule has 0 amide bonds. The smallest absolute Gasteiger partial charge is 0.337 e. The molecule has 1 saturated carbocycles. The van der Waals surface area contributed by atoms with Crippen LogP contribution in [-0.2, 0) is 9.47 Å². The summed E-state index contributed by atoms with van der Waals surface area (Å²) in [6.45, 7) is 9.25. The number of carbonyl (C=O) groups excluding carboxylic acids is 1. The van der Waals surface area contributed by atoms with Gasteiger partial charge in [-0.05, 0) is 38.0 Å². The Hall–Kier alpha value is -1.55. The lowest BCUT2D eigenvalue weighted by atomic mass is 9.64. The number of aryl methyl sites for hydroxylation is 1. The van der Waals surface area contributed by atoms with E-state index >= 15 is 0 Å². The van der Waals surface area contributed by atoms with Gasteiger partial charge in [-0.25, -0.2) is 4.79 Å². The first kappa shape index (κ1) is 15.8. The van der Waals surface area contributed by atoms with E-state index in [2.05, 4.69) is 19.2 Å². The van der Waals surface area contributed by atoms with Gasteiger partial charge in [0.15, 0.2) is 0 Å². The molecule has 2 rings (SSSR count). The van der Waals surface area contributed by atoms with Gasteiger partial charge in [-0.3, -0.25) is 0 Å². The van der Waals surface area contributed by atoms with Crippen LogP contribution in [0.1, 0.15) is 43.1 Å². The number of rotatable bonds is 5. The molecule has 1 aliphatic carbocycles. The third kappa shape index (κ3) is 3.05. The maximum absolute atomic E-state index is 11.6. The first-order valence-corrected chi connectivity index (χ1v) is 7.47. The summed E-state index contributed by atoms with van der Waals surface area (Å²) in [4.78, 5) is 11.6. The van der Waals surface area contributed by atoms with Gasteiger partial charge in [0, 0.05) is 23.8 Å². The number of hydrogen-bond acceptors (Lipinski definition) is 4. The van der Waals surface area contributed by atoms with Crippen molar-refractivity contribution in [3.05, 3.63) is 29.3 Å². The molecule has 0 aliphatic heterocycles. The summed E-state index contributed by atoms with van der Waals surface area (Å²) in [5, 5.41) is 3.56. The van der Waals surface area contributed by atoms with Crippen molar-refractivity contribution >= 4 is 11.7 Å². The van der Waals surface area contributed by atoms with Crippen LogP contribution in [0.2, 0.25) is 0 Å². The zero-order chi connectivity index (χ0) is 15.6. The zero-order valence-corrected chi connectivity index (χ0v) is 13.5. The van der Waals surface area contributed by atoms with Crippen LogP contribution in [-0.4, -0.2) is 31.8 Å². The summed E-state index contributed by atoms with van der Waals surface area (Å²) in [6.07, 6.45) is 1.28. The fraction of sp³-hybridized carbons (Fsp3) is 0.588. The van der Waals surface area contributed by atoms with Gasteiger partial charge in [0.05, 0.1) is 18.8 Å². The highest BCUT2D eigenvalue weighted by atomic mass is 16.5. The lowest BCUT2D eigenvalue weighted by Crippen LogP contribution is -2.58. The quantitative estimate of drug-likeness (QED) is 0.845. The van der Waals surface area contributed by atoms with Crippen LogP contribution in [0, 0.1) is 12.3 Å². The molecule has 2 unspecified atom stereocenters. The van der Waals surface area contributed by atoms with Crippen LogP contribution in [0.15, 0.2) is 18.2 Å².